The highest BCUT2D eigenvalue weighted by atomic mass is 16.5. The number of esters is 1. The third-order valence-corrected chi connectivity index (χ3v) is 5.12. The molecule has 1 fully saturated rings. The van der Waals surface area contributed by atoms with Gasteiger partial charge in [0, 0.05) is 0 Å². The molecule has 0 spiro atoms. The van der Waals surface area contributed by atoms with E-state index in [1.807, 2.05) is 24.3 Å². The maximum atomic E-state index is 13.1. The smallest absolute Gasteiger partial charge is 0.337 e. The van der Waals surface area contributed by atoms with Crippen molar-refractivity contribution in [3.63, 3.8) is 0 Å². The molecule has 1 saturated heterocycles. The highest BCUT2D eigenvalue weighted by molar-refractivity contribution is 6.07. The van der Waals surface area contributed by atoms with Crippen LogP contribution in [0.15, 0.2) is 48.5 Å². The number of urea groups is 1. The summed E-state index contributed by atoms with van der Waals surface area (Å²) in [5, 5.41) is 2.81. The molecule has 1 N–H and O–H groups in total. The predicted molar refractivity (Wildman–Crippen MR) is 105 cm³/mol. The topological polar surface area (TPSA) is 75.7 Å². The van der Waals surface area contributed by atoms with Crippen molar-refractivity contribution in [3.8, 4) is 0 Å². The molecule has 6 nitrogen and oxygen atoms in total. The van der Waals surface area contributed by atoms with Crippen molar-refractivity contribution in [2.45, 2.75) is 38.8 Å². The highest BCUT2D eigenvalue weighted by Crippen LogP contribution is 2.31. The molecule has 3 rings (SSSR count). The number of carbonyl (C=O) groups is 3. The zero-order chi connectivity index (χ0) is 20.5. The van der Waals surface area contributed by atoms with Gasteiger partial charge in [0.25, 0.3) is 5.91 Å². The van der Waals surface area contributed by atoms with Crippen LogP contribution in [0.25, 0.3) is 0 Å². The molecule has 146 valence electrons. The average molecular weight is 380 g/mol. The van der Waals surface area contributed by atoms with Crippen molar-refractivity contribution in [2.75, 3.05) is 7.11 Å². The van der Waals surface area contributed by atoms with Crippen LogP contribution >= 0.6 is 0 Å². The standard InChI is InChI=1S/C22H24N2O4/c1-14(2)16-8-10-18(11-9-16)22(3)20(26)24(21(27)23-22)13-15-6-5-7-17(12-15)19(25)28-4/h5-12,14H,13H2,1-4H3,(H,23,27). The third kappa shape index (κ3) is 3.50. The van der Waals surface area contributed by atoms with E-state index >= 15 is 0 Å². The molecule has 6 heteroatoms. The Morgan fingerprint density at radius 2 is 1.82 bits per heavy atom. The molecule has 1 aliphatic rings. The Morgan fingerprint density at radius 3 is 2.43 bits per heavy atom. The van der Waals surface area contributed by atoms with E-state index in [4.69, 9.17) is 4.74 Å². The number of imide groups is 1. The molecule has 1 atom stereocenters. The first-order chi connectivity index (χ1) is 13.3. The Bertz CT molecular complexity index is 920. The zero-order valence-corrected chi connectivity index (χ0v) is 16.5. The lowest BCUT2D eigenvalue weighted by Gasteiger charge is -2.23. The van der Waals surface area contributed by atoms with E-state index in [0.29, 0.717) is 17.0 Å². The number of nitrogens with one attached hydrogen (secondary N) is 1. The summed E-state index contributed by atoms with van der Waals surface area (Å²) in [7, 11) is 1.31. The maximum Gasteiger partial charge on any atom is 0.337 e. The van der Waals surface area contributed by atoms with Crippen LogP contribution in [0.5, 0.6) is 0 Å². The highest BCUT2D eigenvalue weighted by Gasteiger charge is 2.48. The van der Waals surface area contributed by atoms with E-state index < -0.39 is 17.5 Å². The van der Waals surface area contributed by atoms with E-state index in [-0.39, 0.29) is 12.5 Å². The second kappa shape index (κ2) is 7.46. The molecule has 3 amide bonds. The lowest BCUT2D eigenvalue weighted by atomic mass is 9.90. The van der Waals surface area contributed by atoms with Crippen molar-refractivity contribution in [2.24, 2.45) is 0 Å². The van der Waals surface area contributed by atoms with Gasteiger partial charge >= 0.3 is 12.0 Å². The monoisotopic (exact) mass is 380 g/mol. The van der Waals surface area contributed by atoms with Crippen LogP contribution in [0, 0.1) is 0 Å². The molecule has 0 saturated carbocycles. The molecule has 2 aromatic carbocycles. The number of ether oxygens (including phenoxy) is 1. The Balaban J connectivity index is 1.84. The van der Waals surface area contributed by atoms with Crippen molar-refractivity contribution < 1.29 is 19.1 Å². The molecule has 0 aliphatic carbocycles. The van der Waals surface area contributed by atoms with Crippen molar-refractivity contribution >= 4 is 17.9 Å². The molecule has 2 aromatic rings. The van der Waals surface area contributed by atoms with Gasteiger partial charge in [-0.1, -0.05) is 50.2 Å². The van der Waals surface area contributed by atoms with Gasteiger partial charge in [-0.2, -0.15) is 0 Å². The molecule has 1 heterocycles. The molecule has 1 unspecified atom stereocenters. The van der Waals surface area contributed by atoms with Gasteiger partial charge in [-0.15, -0.1) is 0 Å². The summed E-state index contributed by atoms with van der Waals surface area (Å²) >= 11 is 0. The molecule has 0 radical (unpaired) electrons. The largest absolute Gasteiger partial charge is 0.465 e. The number of rotatable bonds is 5. The van der Waals surface area contributed by atoms with Crippen LogP contribution in [-0.4, -0.2) is 29.9 Å². The van der Waals surface area contributed by atoms with Crippen LogP contribution in [-0.2, 0) is 21.6 Å². The Hall–Kier alpha value is -3.15. The van der Waals surface area contributed by atoms with Gasteiger partial charge in [0.15, 0.2) is 0 Å². The Morgan fingerprint density at radius 1 is 1.14 bits per heavy atom. The van der Waals surface area contributed by atoms with Gasteiger partial charge in [-0.3, -0.25) is 9.69 Å². The minimum Gasteiger partial charge on any atom is -0.465 e. The van der Waals surface area contributed by atoms with E-state index in [9.17, 15) is 14.4 Å². The van der Waals surface area contributed by atoms with Gasteiger partial charge in [-0.25, -0.2) is 9.59 Å². The SMILES string of the molecule is COC(=O)c1cccc(CN2C(=O)NC(C)(c3ccc(C(C)C)cc3)C2=O)c1. The van der Waals surface area contributed by atoms with Crippen LogP contribution in [0.1, 0.15) is 53.7 Å². The van der Waals surface area contributed by atoms with Gasteiger partial charge in [0.2, 0.25) is 0 Å². The molecule has 28 heavy (non-hydrogen) atoms. The van der Waals surface area contributed by atoms with Crippen molar-refractivity contribution in [3.05, 3.63) is 70.8 Å². The fourth-order valence-corrected chi connectivity index (χ4v) is 3.33. The molecular weight excluding hydrogens is 356 g/mol. The summed E-state index contributed by atoms with van der Waals surface area (Å²) < 4.78 is 4.72. The number of carbonyl (C=O) groups excluding carboxylic acids is 3. The first kappa shape index (κ1) is 19.6. The third-order valence-electron chi connectivity index (χ3n) is 5.12. The van der Waals surface area contributed by atoms with Crippen molar-refractivity contribution in [1.82, 2.24) is 10.2 Å². The van der Waals surface area contributed by atoms with Crippen LogP contribution in [0.4, 0.5) is 4.79 Å². The number of nitrogens with zero attached hydrogens (tertiary/aromatic N) is 1. The Kier molecular flexibility index (Phi) is 5.23. The summed E-state index contributed by atoms with van der Waals surface area (Å²) in [5.41, 5.74) is 1.83. The van der Waals surface area contributed by atoms with Crippen LogP contribution in [0.3, 0.4) is 0 Å². The summed E-state index contributed by atoms with van der Waals surface area (Å²) in [4.78, 5) is 38.5. The second-order valence-corrected chi connectivity index (χ2v) is 7.42. The van der Waals surface area contributed by atoms with Crippen LogP contribution < -0.4 is 5.32 Å². The number of hydrogen-bond donors (Lipinski definition) is 1. The lowest BCUT2D eigenvalue weighted by Crippen LogP contribution is -2.40. The summed E-state index contributed by atoms with van der Waals surface area (Å²) in [6.07, 6.45) is 0. The first-order valence-corrected chi connectivity index (χ1v) is 9.18. The van der Waals surface area contributed by atoms with Crippen LogP contribution in [0.2, 0.25) is 0 Å². The van der Waals surface area contributed by atoms with E-state index in [1.165, 1.54) is 17.6 Å². The first-order valence-electron chi connectivity index (χ1n) is 9.18. The van der Waals surface area contributed by atoms with Gasteiger partial charge < -0.3 is 10.1 Å². The normalized spacial score (nSPS) is 19.1. The van der Waals surface area contributed by atoms with E-state index in [2.05, 4.69) is 19.2 Å². The molecule has 0 bridgehead atoms. The Labute approximate surface area is 164 Å². The fourth-order valence-electron chi connectivity index (χ4n) is 3.33. The number of methoxy groups -OCH3 is 1. The summed E-state index contributed by atoms with van der Waals surface area (Å²) in [5.74, 6) is -0.401. The molecular formula is C22H24N2O4. The predicted octanol–water partition coefficient (Wildman–Crippen LogP) is 3.56. The average Bonchev–Trinajstić information content (AvgIpc) is 2.91. The second-order valence-electron chi connectivity index (χ2n) is 7.42. The minimum absolute atomic E-state index is 0.0785. The van der Waals surface area contributed by atoms with Crippen molar-refractivity contribution in [1.29, 1.82) is 0 Å². The summed E-state index contributed by atoms with van der Waals surface area (Å²) in [6.45, 7) is 5.99. The lowest BCUT2D eigenvalue weighted by molar-refractivity contribution is -0.131. The van der Waals surface area contributed by atoms with Gasteiger partial charge in [0.1, 0.15) is 5.54 Å². The summed E-state index contributed by atoms with van der Waals surface area (Å²) in [6, 6.07) is 14.0. The molecule has 0 aromatic heterocycles. The van der Waals surface area contributed by atoms with E-state index in [1.54, 1.807) is 31.2 Å². The van der Waals surface area contributed by atoms with Gasteiger partial charge in [-0.05, 0) is 41.7 Å². The zero-order valence-electron chi connectivity index (χ0n) is 16.5. The quantitative estimate of drug-likeness (QED) is 0.636. The van der Waals surface area contributed by atoms with Gasteiger partial charge in [0.05, 0.1) is 19.2 Å². The molecule has 1 aliphatic heterocycles. The number of amides is 3. The fraction of sp³-hybridized carbons (Fsp3) is 0.318. The number of hydrogen-bond acceptors (Lipinski definition) is 4. The maximum absolute atomic E-state index is 13.1. The number of benzene rings is 2. The minimum atomic E-state index is -1.12. The van der Waals surface area contributed by atoms with E-state index in [0.717, 1.165) is 5.56 Å².